The summed E-state index contributed by atoms with van der Waals surface area (Å²) in [6.45, 7) is 8.09. The van der Waals surface area contributed by atoms with E-state index in [0.29, 0.717) is 21.1 Å². The van der Waals surface area contributed by atoms with Crippen LogP contribution in [-0.2, 0) is 5.41 Å². The van der Waals surface area contributed by atoms with E-state index in [1.807, 2.05) is 6.92 Å². The van der Waals surface area contributed by atoms with Crippen LogP contribution in [0.25, 0.3) is 10.9 Å². The number of fused-ring (bicyclic) bond motifs is 1. The van der Waals surface area contributed by atoms with E-state index in [4.69, 9.17) is 5.73 Å². The minimum absolute atomic E-state index is 0.113. The molecule has 4 heteroatoms. The van der Waals surface area contributed by atoms with Crippen molar-refractivity contribution in [1.82, 2.24) is 4.98 Å². The number of nitrogens with two attached hydrogens (primary N) is 1. The fourth-order valence-electron chi connectivity index (χ4n) is 1.91. The number of hydrogen-bond donors (Lipinski definition) is 1. The first-order valence-corrected chi connectivity index (χ1v) is 6.56. The van der Waals surface area contributed by atoms with Crippen LogP contribution in [0.1, 0.15) is 32.0 Å². The Morgan fingerprint density at radius 2 is 1.89 bits per heavy atom. The van der Waals surface area contributed by atoms with Gasteiger partial charge in [-0.25, -0.2) is 4.39 Å². The Balaban J connectivity index is 2.91. The number of pyridine rings is 1. The third kappa shape index (κ3) is 2.09. The summed E-state index contributed by atoms with van der Waals surface area (Å²) in [7, 11) is 0. The van der Waals surface area contributed by atoms with Crippen LogP contribution in [0.15, 0.2) is 16.6 Å². The lowest BCUT2D eigenvalue weighted by atomic mass is 9.90. The van der Waals surface area contributed by atoms with Crippen molar-refractivity contribution in [2.24, 2.45) is 0 Å². The van der Waals surface area contributed by atoms with Crippen molar-refractivity contribution in [3.8, 4) is 0 Å². The predicted molar refractivity (Wildman–Crippen MR) is 77.3 cm³/mol. The molecule has 96 valence electrons. The fraction of sp³-hybridized carbons (Fsp3) is 0.357. The first kappa shape index (κ1) is 13.3. The Bertz CT molecular complexity index is 630. The molecule has 0 aliphatic carbocycles. The standard InChI is InChI=1S/C14H16BrFN2/c1-7-5-8(15)12(16)11-9(17)6-10(14(2,3)4)18-13(7)11/h5-6H,1-4H3,(H2,17,18). The lowest BCUT2D eigenvalue weighted by Gasteiger charge is -2.20. The second-order valence-corrected chi connectivity index (χ2v) is 6.41. The minimum Gasteiger partial charge on any atom is -0.398 e. The van der Waals surface area contributed by atoms with Crippen LogP contribution in [0.5, 0.6) is 0 Å². The molecule has 0 fully saturated rings. The van der Waals surface area contributed by atoms with Gasteiger partial charge in [-0.15, -0.1) is 0 Å². The summed E-state index contributed by atoms with van der Waals surface area (Å²) in [4.78, 5) is 4.57. The molecule has 1 aromatic carbocycles. The molecule has 2 nitrogen and oxygen atoms in total. The number of aromatic nitrogens is 1. The fourth-order valence-corrected chi connectivity index (χ4v) is 2.45. The van der Waals surface area contributed by atoms with Gasteiger partial charge in [0.1, 0.15) is 5.82 Å². The third-order valence-corrected chi connectivity index (χ3v) is 3.54. The van der Waals surface area contributed by atoms with Crippen molar-refractivity contribution in [2.75, 3.05) is 5.73 Å². The largest absolute Gasteiger partial charge is 0.398 e. The maximum absolute atomic E-state index is 14.1. The Morgan fingerprint density at radius 1 is 1.28 bits per heavy atom. The molecule has 0 saturated heterocycles. The average molecular weight is 311 g/mol. The van der Waals surface area contributed by atoms with Crippen LogP contribution in [0.3, 0.4) is 0 Å². The van der Waals surface area contributed by atoms with Crippen LogP contribution in [0, 0.1) is 12.7 Å². The molecule has 0 amide bonds. The molecule has 0 aliphatic heterocycles. The van der Waals surface area contributed by atoms with Gasteiger partial charge in [0.2, 0.25) is 0 Å². The molecular formula is C14H16BrFN2. The molecule has 0 aliphatic rings. The van der Waals surface area contributed by atoms with Crippen LogP contribution in [0.4, 0.5) is 10.1 Å². The summed E-state index contributed by atoms with van der Waals surface area (Å²) in [5.74, 6) is -0.346. The molecule has 0 spiro atoms. The van der Waals surface area contributed by atoms with Gasteiger partial charge in [0, 0.05) is 16.8 Å². The van der Waals surface area contributed by atoms with Gasteiger partial charge in [-0.3, -0.25) is 4.98 Å². The first-order chi connectivity index (χ1) is 8.21. The zero-order valence-electron chi connectivity index (χ0n) is 10.9. The lowest BCUT2D eigenvalue weighted by molar-refractivity contribution is 0.571. The van der Waals surface area contributed by atoms with E-state index in [1.54, 1.807) is 12.1 Å². The van der Waals surface area contributed by atoms with E-state index >= 15 is 0 Å². The number of hydrogen-bond acceptors (Lipinski definition) is 2. The molecule has 0 radical (unpaired) electrons. The first-order valence-electron chi connectivity index (χ1n) is 5.77. The molecule has 18 heavy (non-hydrogen) atoms. The van der Waals surface area contributed by atoms with Crippen LogP contribution >= 0.6 is 15.9 Å². The Hall–Kier alpha value is -1.16. The third-order valence-electron chi connectivity index (χ3n) is 2.96. The van der Waals surface area contributed by atoms with Crippen molar-refractivity contribution in [1.29, 1.82) is 0 Å². The summed E-state index contributed by atoms with van der Waals surface area (Å²) < 4.78 is 14.5. The summed E-state index contributed by atoms with van der Waals surface area (Å²) in [5, 5.41) is 0.398. The summed E-state index contributed by atoms with van der Waals surface area (Å²) >= 11 is 3.20. The van der Waals surface area contributed by atoms with Gasteiger partial charge in [0.05, 0.1) is 15.4 Å². The number of anilines is 1. The van der Waals surface area contributed by atoms with Gasteiger partial charge in [-0.1, -0.05) is 20.8 Å². The van der Waals surface area contributed by atoms with Gasteiger partial charge < -0.3 is 5.73 Å². The molecule has 0 unspecified atom stereocenters. The highest BCUT2D eigenvalue weighted by atomic mass is 79.9. The number of aryl methyl sites for hydroxylation is 1. The molecule has 0 bridgehead atoms. The van der Waals surface area contributed by atoms with Gasteiger partial charge in [-0.05, 0) is 40.5 Å². The average Bonchev–Trinajstić information content (AvgIpc) is 2.24. The van der Waals surface area contributed by atoms with Gasteiger partial charge in [-0.2, -0.15) is 0 Å². The summed E-state index contributed by atoms with van der Waals surface area (Å²) in [6, 6.07) is 3.49. The van der Waals surface area contributed by atoms with Crippen LogP contribution < -0.4 is 5.73 Å². The maximum atomic E-state index is 14.1. The van der Waals surface area contributed by atoms with Crippen LogP contribution in [-0.4, -0.2) is 4.98 Å². The van der Waals surface area contributed by atoms with E-state index in [2.05, 4.69) is 41.7 Å². The van der Waals surface area contributed by atoms with Crippen molar-refractivity contribution in [2.45, 2.75) is 33.1 Å². The Kier molecular flexibility index (Phi) is 3.09. The normalized spacial score (nSPS) is 12.1. The number of rotatable bonds is 0. The van der Waals surface area contributed by atoms with E-state index in [1.165, 1.54) is 0 Å². The van der Waals surface area contributed by atoms with Crippen LogP contribution in [0.2, 0.25) is 0 Å². The highest BCUT2D eigenvalue weighted by Gasteiger charge is 2.20. The summed E-state index contributed by atoms with van der Waals surface area (Å²) in [5.41, 5.74) is 8.74. The van der Waals surface area contributed by atoms with Crippen molar-refractivity contribution in [3.05, 3.63) is 33.7 Å². The number of halogens is 2. The lowest BCUT2D eigenvalue weighted by Crippen LogP contribution is -2.14. The zero-order valence-corrected chi connectivity index (χ0v) is 12.5. The molecule has 0 atom stereocenters. The predicted octanol–water partition coefficient (Wildman–Crippen LogP) is 4.32. The monoisotopic (exact) mass is 310 g/mol. The van der Waals surface area contributed by atoms with Crippen molar-refractivity contribution < 1.29 is 4.39 Å². The van der Waals surface area contributed by atoms with Gasteiger partial charge in [0.25, 0.3) is 0 Å². The number of nitrogen functional groups attached to an aromatic ring is 1. The summed E-state index contributed by atoms with van der Waals surface area (Å²) in [6.07, 6.45) is 0. The van der Waals surface area contributed by atoms with Crippen molar-refractivity contribution >= 4 is 32.5 Å². The maximum Gasteiger partial charge on any atom is 0.148 e. The van der Waals surface area contributed by atoms with Gasteiger partial charge in [0.15, 0.2) is 0 Å². The Labute approximate surface area is 115 Å². The second-order valence-electron chi connectivity index (χ2n) is 5.56. The van der Waals surface area contributed by atoms with Gasteiger partial charge >= 0.3 is 0 Å². The second kappa shape index (κ2) is 4.19. The Morgan fingerprint density at radius 3 is 2.44 bits per heavy atom. The van der Waals surface area contributed by atoms with E-state index in [0.717, 1.165) is 11.3 Å². The van der Waals surface area contributed by atoms with E-state index in [-0.39, 0.29) is 11.2 Å². The topological polar surface area (TPSA) is 38.9 Å². The number of benzene rings is 1. The minimum atomic E-state index is -0.346. The molecular weight excluding hydrogens is 295 g/mol. The highest BCUT2D eigenvalue weighted by molar-refractivity contribution is 9.10. The van der Waals surface area contributed by atoms with Crippen molar-refractivity contribution in [3.63, 3.8) is 0 Å². The molecule has 1 heterocycles. The quantitative estimate of drug-likeness (QED) is 0.787. The van der Waals surface area contributed by atoms with E-state index in [9.17, 15) is 4.39 Å². The molecule has 1 aromatic heterocycles. The van der Waals surface area contributed by atoms with E-state index < -0.39 is 0 Å². The molecule has 0 saturated carbocycles. The molecule has 2 N–H and O–H groups in total. The molecule has 2 rings (SSSR count). The molecule has 2 aromatic rings. The SMILES string of the molecule is Cc1cc(Br)c(F)c2c(N)cc(C(C)(C)C)nc12. The smallest absolute Gasteiger partial charge is 0.148 e. The zero-order chi connectivity index (χ0) is 13.7. The number of nitrogens with zero attached hydrogens (tertiary/aromatic N) is 1. The highest BCUT2D eigenvalue weighted by Crippen LogP contribution is 2.33.